The van der Waals surface area contributed by atoms with E-state index in [1.807, 2.05) is 5.32 Å². The molecule has 1 aliphatic rings. The smallest absolute Gasteiger partial charge is 0.419 e. The first-order chi connectivity index (χ1) is 16.8. The maximum absolute atomic E-state index is 14.2. The quantitative estimate of drug-likeness (QED) is 0.389. The fourth-order valence-electron chi connectivity index (χ4n) is 4.53. The number of aromatic nitrogens is 2. The Hall–Kier alpha value is -3.74. The second-order valence-corrected chi connectivity index (χ2v) is 8.49. The number of benzene rings is 2. The Labute approximate surface area is 200 Å². The number of fused-ring (bicyclic) bond motifs is 1. The van der Waals surface area contributed by atoms with Crippen LogP contribution in [-0.2, 0) is 0 Å². The molecule has 0 radical (unpaired) electrons. The van der Waals surface area contributed by atoms with Crippen LogP contribution >= 0.6 is 0 Å². The van der Waals surface area contributed by atoms with Crippen LogP contribution in [0.25, 0.3) is 5.69 Å². The molecule has 0 spiro atoms. The lowest BCUT2D eigenvalue weighted by Crippen LogP contribution is -2.58. The minimum atomic E-state index is -5.31. The summed E-state index contributed by atoms with van der Waals surface area (Å²) in [6.07, 6.45) is -5.32. The zero-order chi connectivity index (χ0) is 26.6. The number of aromatic hydroxyl groups is 1. The van der Waals surface area contributed by atoms with Gasteiger partial charge in [-0.3, -0.25) is 9.36 Å². The van der Waals surface area contributed by atoms with Gasteiger partial charge in [0.25, 0.3) is 5.91 Å². The summed E-state index contributed by atoms with van der Waals surface area (Å²) in [5, 5.41) is 23.0. The van der Waals surface area contributed by atoms with Crippen LogP contribution < -0.4 is 11.1 Å². The minimum Gasteiger partial charge on any atom is -0.505 e. The molecule has 3 aromatic rings. The van der Waals surface area contributed by atoms with E-state index in [-0.39, 0.29) is 17.8 Å². The van der Waals surface area contributed by atoms with Gasteiger partial charge in [0.05, 0.1) is 6.04 Å². The van der Waals surface area contributed by atoms with Gasteiger partial charge in [0, 0.05) is 11.3 Å². The maximum Gasteiger partial charge on any atom is 0.419 e. The highest BCUT2D eigenvalue weighted by Gasteiger charge is 2.63. The lowest BCUT2D eigenvalue weighted by atomic mass is 9.69. The van der Waals surface area contributed by atoms with E-state index in [4.69, 9.17) is 5.73 Å². The van der Waals surface area contributed by atoms with Crippen LogP contribution in [0.2, 0.25) is 0 Å². The van der Waals surface area contributed by atoms with Gasteiger partial charge in [0.2, 0.25) is 5.82 Å². The molecule has 1 heterocycles. The molecule has 0 saturated heterocycles. The SMILES string of the molecule is CCC1CC(O)(C(F)(F)F)C(NC(=O)c2ncn(-c3ccc(F)cc3)c2N)c2cc(F)c(F)c(O)c21. The van der Waals surface area contributed by atoms with E-state index < -0.39 is 70.5 Å². The fraction of sp³-hybridized carbons (Fsp3) is 0.304. The average Bonchev–Trinajstić information content (AvgIpc) is 3.20. The van der Waals surface area contributed by atoms with E-state index in [0.29, 0.717) is 11.8 Å². The Kier molecular flexibility index (Phi) is 6.15. The van der Waals surface area contributed by atoms with E-state index >= 15 is 0 Å². The van der Waals surface area contributed by atoms with Crippen molar-refractivity contribution in [3.8, 4) is 11.4 Å². The number of nitrogen functional groups attached to an aromatic ring is 1. The number of amides is 1. The number of carbonyl (C=O) groups is 1. The molecule has 36 heavy (non-hydrogen) atoms. The molecule has 5 N–H and O–H groups in total. The molecule has 192 valence electrons. The Morgan fingerprint density at radius 2 is 1.89 bits per heavy atom. The van der Waals surface area contributed by atoms with Crippen LogP contribution in [-0.4, -0.2) is 37.4 Å². The van der Waals surface area contributed by atoms with Gasteiger partial charge in [0.15, 0.2) is 22.9 Å². The third-order valence-electron chi connectivity index (χ3n) is 6.40. The number of phenols is 1. The number of rotatable bonds is 4. The van der Waals surface area contributed by atoms with Crippen LogP contribution in [0.3, 0.4) is 0 Å². The number of halogens is 6. The first-order valence-corrected chi connectivity index (χ1v) is 10.7. The second-order valence-electron chi connectivity index (χ2n) is 8.49. The number of anilines is 1. The van der Waals surface area contributed by atoms with Crippen LogP contribution in [0.5, 0.6) is 5.75 Å². The van der Waals surface area contributed by atoms with Crippen molar-refractivity contribution in [3.05, 3.63) is 70.9 Å². The summed E-state index contributed by atoms with van der Waals surface area (Å²) in [6, 6.07) is 2.94. The van der Waals surface area contributed by atoms with Crippen LogP contribution in [0.15, 0.2) is 36.7 Å². The van der Waals surface area contributed by atoms with Crippen LogP contribution in [0.4, 0.5) is 32.2 Å². The second kappa shape index (κ2) is 8.73. The fourth-order valence-corrected chi connectivity index (χ4v) is 4.53. The highest BCUT2D eigenvalue weighted by molar-refractivity contribution is 5.97. The summed E-state index contributed by atoms with van der Waals surface area (Å²) in [4.78, 5) is 16.8. The number of nitrogens with zero attached hydrogens (tertiary/aromatic N) is 2. The molecule has 0 saturated carbocycles. The number of hydrogen-bond donors (Lipinski definition) is 4. The van der Waals surface area contributed by atoms with Crippen molar-refractivity contribution < 1.29 is 41.4 Å². The van der Waals surface area contributed by atoms with Gasteiger partial charge >= 0.3 is 6.18 Å². The van der Waals surface area contributed by atoms with Gasteiger partial charge in [-0.05, 0) is 54.7 Å². The summed E-state index contributed by atoms with van der Waals surface area (Å²) in [6.45, 7) is 1.45. The highest BCUT2D eigenvalue weighted by Crippen LogP contribution is 2.54. The van der Waals surface area contributed by atoms with Crippen molar-refractivity contribution in [1.82, 2.24) is 14.9 Å². The average molecular weight is 514 g/mol. The first-order valence-electron chi connectivity index (χ1n) is 10.7. The summed E-state index contributed by atoms with van der Waals surface area (Å²) < 4.78 is 85.1. The van der Waals surface area contributed by atoms with Gasteiger partial charge in [-0.2, -0.15) is 17.6 Å². The Morgan fingerprint density at radius 3 is 2.47 bits per heavy atom. The predicted molar refractivity (Wildman–Crippen MR) is 115 cm³/mol. The van der Waals surface area contributed by atoms with E-state index in [2.05, 4.69) is 4.98 Å². The number of aliphatic hydroxyl groups is 1. The maximum atomic E-state index is 14.2. The van der Waals surface area contributed by atoms with Crippen molar-refractivity contribution in [3.63, 3.8) is 0 Å². The molecule has 1 amide bonds. The Morgan fingerprint density at radius 1 is 1.25 bits per heavy atom. The van der Waals surface area contributed by atoms with Crippen molar-refractivity contribution in [2.24, 2.45) is 0 Å². The van der Waals surface area contributed by atoms with Crippen molar-refractivity contribution in [2.75, 3.05) is 5.73 Å². The lowest BCUT2D eigenvalue weighted by Gasteiger charge is -2.45. The molecule has 3 atom stereocenters. The van der Waals surface area contributed by atoms with Crippen molar-refractivity contribution in [2.45, 2.75) is 43.5 Å². The van der Waals surface area contributed by atoms with E-state index in [1.165, 1.54) is 23.6 Å². The normalized spacial score (nSPS) is 21.8. The summed E-state index contributed by atoms with van der Waals surface area (Å²) in [5.41, 5.74) is 1.14. The molecule has 13 heteroatoms. The molecule has 0 fully saturated rings. The third kappa shape index (κ3) is 3.92. The standard InChI is InChI=1S/C23H20F6N4O3/c1-2-10-8-22(36,23(27,28)29)19(13-7-14(25)16(26)18(34)15(10)13)32-21(35)17-20(30)33(9-31-17)12-5-3-11(24)4-6-12/h3-7,9-10,19,34,36H,2,8,30H2,1H3,(H,32,35). The predicted octanol–water partition coefficient (Wildman–Crippen LogP) is 4.24. The highest BCUT2D eigenvalue weighted by atomic mass is 19.4. The largest absolute Gasteiger partial charge is 0.505 e. The molecular weight excluding hydrogens is 494 g/mol. The molecule has 4 rings (SSSR count). The number of nitrogens with one attached hydrogen (secondary N) is 1. The monoisotopic (exact) mass is 514 g/mol. The third-order valence-corrected chi connectivity index (χ3v) is 6.40. The molecule has 3 unspecified atom stereocenters. The molecule has 1 aromatic heterocycles. The summed E-state index contributed by atoms with van der Waals surface area (Å²) >= 11 is 0. The van der Waals surface area contributed by atoms with Gasteiger partial charge < -0.3 is 21.3 Å². The summed E-state index contributed by atoms with van der Waals surface area (Å²) in [7, 11) is 0. The molecule has 7 nitrogen and oxygen atoms in total. The van der Waals surface area contributed by atoms with E-state index in [9.17, 15) is 41.4 Å². The van der Waals surface area contributed by atoms with E-state index in [1.54, 1.807) is 0 Å². The number of hydrogen-bond acceptors (Lipinski definition) is 5. The van der Waals surface area contributed by atoms with Gasteiger partial charge in [-0.1, -0.05) is 6.92 Å². The van der Waals surface area contributed by atoms with Crippen LogP contribution in [0, 0.1) is 17.5 Å². The van der Waals surface area contributed by atoms with Gasteiger partial charge in [-0.15, -0.1) is 0 Å². The Balaban J connectivity index is 1.80. The van der Waals surface area contributed by atoms with Gasteiger partial charge in [-0.25, -0.2) is 13.8 Å². The number of alkyl halides is 3. The van der Waals surface area contributed by atoms with E-state index in [0.717, 1.165) is 18.5 Å². The van der Waals surface area contributed by atoms with Gasteiger partial charge in [0.1, 0.15) is 18.0 Å². The molecule has 0 aliphatic heterocycles. The van der Waals surface area contributed by atoms with Crippen molar-refractivity contribution in [1.29, 1.82) is 0 Å². The molecular formula is C23H20F6N4O3. The minimum absolute atomic E-state index is 0.0558. The zero-order valence-electron chi connectivity index (χ0n) is 18.6. The lowest BCUT2D eigenvalue weighted by molar-refractivity contribution is -0.277. The number of imidazole rings is 1. The number of nitrogens with two attached hydrogens (primary N) is 1. The zero-order valence-corrected chi connectivity index (χ0v) is 18.6. The number of phenolic OH excluding ortho intramolecular Hbond substituents is 1. The van der Waals surface area contributed by atoms with Crippen LogP contribution in [0.1, 0.15) is 53.3 Å². The Bertz CT molecular complexity index is 1320. The van der Waals surface area contributed by atoms with Crippen molar-refractivity contribution >= 4 is 11.7 Å². The summed E-state index contributed by atoms with van der Waals surface area (Å²) in [5.74, 6) is -7.83. The first kappa shape index (κ1) is 25.4. The molecule has 2 aromatic carbocycles. The molecule has 0 bridgehead atoms. The number of carbonyl (C=O) groups excluding carboxylic acids is 1. The topological polar surface area (TPSA) is 113 Å². The molecule has 1 aliphatic carbocycles.